The lowest BCUT2D eigenvalue weighted by atomic mass is 9.99. The van der Waals surface area contributed by atoms with Crippen molar-refractivity contribution in [3.05, 3.63) is 0 Å². The molecule has 2 heterocycles. The molecule has 0 radical (unpaired) electrons. The van der Waals surface area contributed by atoms with Crippen LogP contribution in [0.1, 0.15) is 32.1 Å². The van der Waals surface area contributed by atoms with E-state index in [0.29, 0.717) is 6.04 Å². The summed E-state index contributed by atoms with van der Waals surface area (Å²) < 4.78 is 5.25. The second-order valence-corrected chi connectivity index (χ2v) is 4.76. The normalized spacial score (nSPS) is 26.9. The molecule has 16 heavy (non-hydrogen) atoms. The van der Waals surface area contributed by atoms with Crippen LogP contribution in [0.25, 0.3) is 0 Å². The van der Waals surface area contributed by atoms with Gasteiger partial charge in [0.15, 0.2) is 0 Å². The molecule has 0 unspecified atom stereocenters. The number of ether oxygens (including phenoxy) is 1. The van der Waals surface area contributed by atoms with E-state index in [0.717, 1.165) is 45.6 Å². The lowest BCUT2D eigenvalue weighted by molar-refractivity contribution is -0.127. The Bertz CT molecular complexity index is 221. The molecule has 0 aromatic heterocycles. The Morgan fingerprint density at radius 3 is 2.81 bits per heavy atom. The predicted octanol–water partition coefficient (Wildman–Crippen LogP) is 0.671. The van der Waals surface area contributed by atoms with E-state index in [1.807, 2.05) is 0 Å². The standard InChI is InChI=1S/C12H22N2O2/c15-12(10-4-8-16-9-5-10)14-7-3-11-2-1-6-13-11/h10-11,13H,1-9H2,(H,14,15)/t11-/m1/s1. The number of hydrogen-bond donors (Lipinski definition) is 2. The van der Waals surface area contributed by atoms with Crippen LogP contribution < -0.4 is 10.6 Å². The van der Waals surface area contributed by atoms with Gasteiger partial charge in [-0.05, 0) is 38.6 Å². The van der Waals surface area contributed by atoms with E-state index < -0.39 is 0 Å². The summed E-state index contributed by atoms with van der Waals surface area (Å²) in [7, 11) is 0. The second kappa shape index (κ2) is 6.21. The molecule has 2 rings (SSSR count). The molecule has 2 saturated heterocycles. The summed E-state index contributed by atoms with van der Waals surface area (Å²) in [6, 6.07) is 0.620. The molecule has 0 aliphatic carbocycles. The highest BCUT2D eigenvalue weighted by atomic mass is 16.5. The molecule has 2 aliphatic heterocycles. The first-order chi connectivity index (χ1) is 7.86. The van der Waals surface area contributed by atoms with Gasteiger partial charge in [-0.25, -0.2) is 0 Å². The molecule has 0 saturated carbocycles. The summed E-state index contributed by atoms with van der Waals surface area (Å²) in [4.78, 5) is 11.8. The van der Waals surface area contributed by atoms with Crippen molar-refractivity contribution in [3.63, 3.8) is 0 Å². The van der Waals surface area contributed by atoms with Crippen molar-refractivity contribution in [2.24, 2.45) is 5.92 Å². The maximum absolute atomic E-state index is 11.8. The number of amides is 1. The lowest BCUT2D eigenvalue weighted by Crippen LogP contribution is -2.36. The van der Waals surface area contributed by atoms with E-state index in [4.69, 9.17) is 4.74 Å². The Balaban J connectivity index is 1.59. The maximum atomic E-state index is 11.8. The highest BCUT2D eigenvalue weighted by Crippen LogP contribution is 2.14. The monoisotopic (exact) mass is 226 g/mol. The third-order valence-electron chi connectivity index (χ3n) is 3.55. The minimum atomic E-state index is 0.185. The summed E-state index contributed by atoms with van der Waals surface area (Å²) in [5.41, 5.74) is 0. The zero-order valence-corrected chi connectivity index (χ0v) is 9.84. The van der Waals surface area contributed by atoms with Gasteiger partial charge in [-0.15, -0.1) is 0 Å². The van der Waals surface area contributed by atoms with Gasteiger partial charge in [0.05, 0.1) is 0 Å². The average Bonchev–Trinajstić information content (AvgIpc) is 2.83. The van der Waals surface area contributed by atoms with Crippen molar-refractivity contribution in [1.29, 1.82) is 0 Å². The highest BCUT2D eigenvalue weighted by molar-refractivity contribution is 5.78. The fourth-order valence-corrected chi connectivity index (χ4v) is 2.48. The van der Waals surface area contributed by atoms with Gasteiger partial charge in [0.25, 0.3) is 0 Å². The van der Waals surface area contributed by atoms with E-state index in [1.54, 1.807) is 0 Å². The SMILES string of the molecule is O=C(NCC[C@H]1CCCN1)C1CCOCC1. The fourth-order valence-electron chi connectivity index (χ4n) is 2.48. The van der Waals surface area contributed by atoms with Gasteiger partial charge >= 0.3 is 0 Å². The van der Waals surface area contributed by atoms with Crippen LogP contribution in [0.15, 0.2) is 0 Å². The fraction of sp³-hybridized carbons (Fsp3) is 0.917. The van der Waals surface area contributed by atoms with Gasteiger partial charge in [-0.3, -0.25) is 4.79 Å². The van der Waals surface area contributed by atoms with Crippen LogP contribution in [0, 0.1) is 5.92 Å². The zero-order chi connectivity index (χ0) is 11.2. The summed E-state index contributed by atoms with van der Waals surface area (Å²) in [5.74, 6) is 0.409. The topological polar surface area (TPSA) is 50.4 Å². The quantitative estimate of drug-likeness (QED) is 0.741. The highest BCUT2D eigenvalue weighted by Gasteiger charge is 2.21. The average molecular weight is 226 g/mol. The minimum absolute atomic E-state index is 0.185. The Labute approximate surface area is 97.1 Å². The summed E-state index contributed by atoms with van der Waals surface area (Å²) in [5, 5.41) is 6.48. The summed E-state index contributed by atoms with van der Waals surface area (Å²) >= 11 is 0. The second-order valence-electron chi connectivity index (χ2n) is 4.76. The van der Waals surface area contributed by atoms with Gasteiger partial charge in [-0.2, -0.15) is 0 Å². The van der Waals surface area contributed by atoms with Gasteiger partial charge in [-0.1, -0.05) is 0 Å². The van der Waals surface area contributed by atoms with Crippen molar-refractivity contribution >= 4 is 5.91 Å². The Kier molecular flexibility index (Phi) is 4.60. The molecule has 2 aliphatic rings. The molecule has 92 valence electrons. The first kappa shape index (κ1) is 11.9. The molecule has 1 amide bonds. The van der Waals surface area contributed by atoms with Gasteiger partial charge in [0, 0.05) is 31.7 Å². The molecule has 4 nitrogen and oxygen atoms in total. The van der Waals surface area contributed by atoms with Crippen LogP contribution in [-0.2, 0) is 9.53 Å². The molecule has 0 bridgehead atoms. The molecule has 2 fully saturated rings. The van der Waals surface area contributed by atoms with Crippen LogP contribution in [0.4, 0.5) is 0 Å². The number of nitrogens with one attached hydrogen (secondary N) is 2. The van der Waals surface area contributed by atoms with Crippen molar-refractivity contribution in [2.75, 3.05) is 26.3 Å². The molecule has 0 aromatic rings. The zero-order valence-electron chi connectivity index (χ0n) is 9.84. The van der Waals surface area contributed by atoms with E-state index >= 15 is 0 Å². The van der Waals surface area contributed by atoms with Crippen LogP contribution >= 0.6 is 0 Å². The Morgan fingerprint density at radius 1 is 1.31 bits per heavy atom. The molecule has 0 spiro atoms. The number of carbonyl (C=O) groups is 1. The molecular weight excluding hydrogens is 204 g/mol. The molecule has 0 aromatic carbocycles. The molecular formula is C12H22N2O2. The van der Waals surface area contributed by atoms with Crippen molar-refractivity contribution in [1.82, 2.24) is 10.6 Å². The summed E-state index contributed by atoms with van der Waals surface area (Å²) in [6.07, 6.45) is 5.36. The van der Waals surface area contributed by atoms with Crippen LogP contribution in [0.2, 0.25) is 0 Å². The minimum Gasteiger partial charge on any atom is -0.381 e. The van der Waals surface area contributed by atoms with E-state index in [1.165, 1.54) is 12.8 Å². The van der Waals surface area contributed by atoms with Crippen molar-refractivity contribution in [3.8, 4) is 0 Å². The van der Waals surface area contributed by atoms with Gasteiger partial charge < -0.3 is 15.4 Å². The molecule has 2 N–H and O–H groups in total. The number of rotatable bonds is 4. The Hall–Kier alpha value is -0.610. The first-order valence-corrected chi connectivity index (χ1v) is 6.45. The largest absolute Gasteiger partial charge is 0.381 e. The van der Waals surface area contributed by atoms with Gasteiger partial charge in [0.1, 0.15) is 0 Å². The molecule has 4 heteroatoms. The first-order valence-electron chi connectivity index (χ1n) is 6.45. The maximum Gasteiger partial charge on any atom is 0.223 e. The van der Waals surface area contributed by atoms with Crippen molar-refractivity contribution in [2.45, 2.75) is 38.1 Å². The third-order valence-corrected chi connectivity index (χ3v) is 3.55. The molecule has 1 atom stereocenters. The third kappa shape index (κ3) is 3.46. The number of carbonyl (C=O) groups excluding carboxylic acids is 1. The van der Waals surface area contributed by atoms with Crippen LogP contribution in [0.3, 0.4) is 0 Å². The van der Waals surface area contributed by atoms with Crippen molar-refractivity contribution < 1.29 is 9.53 Å². The Morgan fingerprint density at radius 2 is 2.12 bits per heavy atom. The van der Waals surface area contributed by atoms with Crippen LogP contribution in [-0.4, -0.2) is 38.3 Å². The number of hydrogen-bond acceptors (Lipinski definition) is 3. The van der Waals surface area contributed by atoms with E-state index in [9.17, 15) is 4.79 Å². The predicted molar refractivity (Wildman–Crippen MR) is 62.2 cm³/mol. The van der Waals surface area contributed by atoms with E-state index in [-0.39, 0.29) is 11.8 Å². The smallest absolute Gasteiger partial charge is 0.223 e. The van der Waals surface area contributed by atoms with E-state index in [2.05, 4.69) is 10.6 Å². The van der Waals surface area contributed by atoms with Gasteiger partial charge in [0.2, 0.25) is 5.91 Å². The van der Waals surface area contributed by atoms with Crippen LogP contribution in [0.5, 0.6) is 0 Å². The lowest BCUT2D eigenvalue weighted by Gasteiger charge is -2.21. The summed E-state index contributed by atoms with van der Waals surface area (Å²) in [6.45, 7) is 3.43.